The Kier molecular flexibility index (Phi) is 8.41. The maximum absolute atomic E-state index is 12.0. The van der Waals surface area contributed by atoms with E-state index < -0.39 is 0 Å². The number of para-hydroxylation sites is 1. The van der Waals surface area contributed by atoms with Crippen LogP contribution in [0.5, 0.6) is 11.5 Å². The lowest BCUT2D eigenvalue weighted by atomic mass is 10.1. The molecular weight excluding hydrogens is 422 g/mol. The number of ether oxygens (including phenoxy) is 3. The molecule has 0 aliphatic rings. The number of amides is 1. The second-order valence-electron chi connectivity index (χ2n) is 6.89. The van der Waals surface area contributed by atoms with E-state index in [0.29, 0.717) is 23.5 Å². The third kappa shape index (κ3) is 7.10. The third-order valence-electron chi connectivity index (χ3n) is 4.62. The fourth-order valence-electron chi connectivity index (χ4n) is 2.84. The van der Waals surface area contributed by atoms with Crippen molar-refractivity contribution in [1.82, 2.24) is 5.43 Å². The smallest absolute Gasteiger partial charge is 0.337 e. The minimum absolute atomic E-state index is 0.0728. The third-order valence-corrected chi connectivity index (χ3v) is 4.62. The number of esters is 1. The lowest BCUT2D eigenvalue weighted by Gasteiger charge is -2.09. The highest BCUT2D eigenvalue weighted by Gasteiger charge is 2.06. The molecule has 0 saturated heterocycles. The van der Waals surface area contributed by atoms with Gasteiger partial charge in [0.2, 0.25) is 0 Å². The van der Waals surface area contributed by atoms with Crippen LogP contribution in [0.3, 0.4) is 0 Å². The van der Waals surface area contributed by atoms with E-state index in [0.717, 1.165) is 17.0 Å². The number of nitrogens with zero attached hydrogens (tertiary/aromatic N) is 1. The molecule has 3 aromatic carbocycles. The van der Waals surface area contributed by atoms with E-state index in [9.17, 15) is 9.59 Å². The van der Waals surface area contributed by atoms with Gasteiger partial charge in [0.05, 0.1) is 32.5 Å². The Hall–Kier alpha value is -4.33. The minimum Gasteiger partial charge on any atom is -0.497 e. The second-order valence-corrected chi connectivity index (χ2v) is 6.89. The predicted molar refractivity (Wildman–Crippen MR) is 126 cm³/mol. The number of carbonyl (C=O) groups excluding carboxylic acids is 2. The number of hydrogen-bond acceptors (Lipinski definition) is 7. The first-order chi connectivity index (χ1) is 16.1. The van der Waals surface area contributed by atoms with Gasteiger partial charge < -0.3 is 19.5 Å². The quantitative estimate of drug-likeness (QED) is 0.280. The SMILES string of the molecule is COC(=O)c1ccc(COc2ccccc2/C=N/NC(=O)CNc2ccc(OC)cc2)cc1. The molecule has 0 unspecified atom stereocenters. The van der Waals surface area contributed by atoms with Crippen LogP contribution >= 0.6 is 0 Å². The van der Waals surface area contributed by atoms with Gasteiger partial charge >= 0.3 is 5.97 Å². The van der Waals surface area contributed by atoms with Crippen LogP contribution in [0, 0.1) is 0 Å². The minimum atomic E-state index is -0.384. The standard InChI is InChI=1S/C25H25N3O5/c1-31-22-13-11-21(12-14-22)26-16-24(29)28-27-15-20-5-3-4-6-23(20)33-17-18-7-9-19(10-8-18)25(30)32-2/h3-15,26H,16-17H2,1-2H3,(H,28,29)/b27-15+. The van der Waals surface area contributed by atoms with Gasteiger partial charge in [0.15, 0.2) is 0 Å². The highest BCUT2D eigenvalue weighted by Crippen LogP contribution is 2.18. The van der Waals surface area contributed by atoms with Crippen molar-refractivity contribution < 1.29 is 23.8 Å². The van der Waals surface area contributed by atoms with Gasteiger partial charge in [-0.15, -0.1) is 0 Å². The summed E-state index contributed by atoms with van der Waals surface area (Å²) in [7, 11) is 2.94. The molecule has 0 radical (unpaired) electrons. The normalized spacial score (nSPS) is 10.5. The van der Waals surface area contributed by atoms with Gasteiger partial charge in [0.25, 0.3) is 5.91 Å². The van der Waals surface area contributed by atoms with Crippen molar-refractivity contribution in [2.45, 2.75) is 6.61 Å². The van der Waals surface area contributed by atoms with E-state index in [4.69, 9.17) is 14.2 Å². The molecule has 0 aliphatic carbocycles. The lowest BCUT2D eigenvalue weighted by Crippen LogP contribution is -2.25. The van der Waals surface area contributed by atoms with Gasteiger partial charge in [-0.25, -0.2) is 10.2 Å². The molecule has 0 atom stereocenters. The summed E-state index contributed by atoms with van der Waals surface area (Å²) in [5.41, 5.74) is 5.38. The molecule has 1 amide bonds. The van der Waals surface area contributed by atoms with Crippen LogP contribution in [0.2, 0.25) is 0 Å². The second kappa shape index (κ2) is 11.9. The average Bonchev–Trinajstić information content (AvgIpc) is 2.87. The zero-order valence-corrected chi connectivity index (χ0v) is 18.4. The van der Waals surface area contributed by atoms with Crippen molar-refractivity contribution in [1.29, 1.82) is 0 Å². The maximum atomic E-state index is 12.0. The van der Waals surface area contributed by atoms with Crippen LogP contribution in [0.15, 0.2) is 77.9 Å². The number of benzene rings is 3. The molecule has 33 heavy (non-hydrogen) atoms. The summed E-state index contributed by atoms with van der Waals surface area (Å²) in [6.45, 7) is 0.383. The van der Waals surface area contributed by atoms with Crippen LogP contribution in [0.25, 0.3) is 0 Å². The van der Waals surface area contributed by atoms with Crippen molar-refractivity contribution in [3.05, 3.63) is 89.5 Å². The number of carbonyl (C=O) groups is 2. The van der Waals surface area contributed by atoms with Crippen molar-refractivity contribution in [2.24, 2.45) is 5.10 Å². The number of nitrogens with one attached hydrogen (secondary N) is 2. The Morgan fingerprint density at radius 2 is 1.67 bits per heavy atom. The van der Waals surface area contributed by atoms with Crippen LogP contribution in [-0.4, -0.2) is 38.9 Å². The maximum Gasteiger partial charge on any atom is 0.337 e. The van der Waals surface area contributed by atoms with Gasteiger partial charge in [-0.2, -0.15) is 5.10 Å². The molecule has 0 aliphatic heterocycles. The van der Waals surface area contributed by atoms with Gasteiger partial charge in [0, 0.05) is 11.3 Å². The van der Waals surface area contributed by atoms with Gasteiger partial charge in [0.1, 0.15) is 18.1 Å². The van der Waals surface area contributed by atoms with Gasteiger partial charge in [-0.1, -0.05) is 24.3 Å². The zero-order valence-electron chi connectivity index (χ0n) is 18.4. The number of anilines is 1. The summed E-state index contributed by atoms with van der Waals surface area (Å²) in [6.07, 6.45) is 1.53. The van der Waals surface area contributed by atoms with Crippen LogP contribution in [0.1, 0.15) is 21.5 Å². The van der Waals surface area contributed by atoms with Crippen molar-refractivity contribution >= 4 is 23.8 Å². The van der Waals surface area contributed by atoms with Crippen LogP contribution in [0.4, 0.5) is 5.69 Å². The van der Waals surface area contributed by atoms with E-state index in [1.54, 1.807) is 31.4 Å². The first kappa shape index (κ1) is 23.3. The first-order valence-electron chi connectivity index (χ1n) is 10.2. The van der Waals surface area contributed by atoms with E-state index in [1.165, 1.54) is 13.3 Å². The average molecular weight is 447 g/mol. The van der Waals surface area contributed by atoms with Crippen molar-refractivity contribution in [3.8, 4) is 11.5 Å². The number of hydrogen-bond donors (Lipinski definition) is 2. The monoisotopic (exact) mass is 447 g/mol. The highest BCUT2D eigenvalue weighted by atomic mass is 16.5. The highest BCUT2D eigenvalue weighted by molar-refractivity contribution is 5.89. The Morgan fingerprint density at radius 1 is 0.939 bits per heavy atom. The molecular formula is C25H25N3O5. The van der Waals surface area contributed by atoms with E-state index >= 15 is 0 Å². The Morgan fingerprint density at radius 3 is 2.36 bits per heavy atom. The molecule has 0 aromatic heterocycles. The molecule has 8 heteroatoms. The summed E-state index contributed by atoms with van der Waals surface area (Å²) in [6, 6.07) is 21.6. The Labute approximate surface area is 192 Å². The summed E-state index contributed by atoms with van der Waals surface area (Å²) in [4.78, 5) is 23.6. The molecule has 170 valence electrons. The van der Waals surface area contributed by atoms with Crippen LogP contribution in [-0.2, 0) is 16.1 Å². The topological polar surface area (TPSA) is 98.3 Å². The molecule has 3 rings (SSSR count). The van der Waals surface area contributed by atoms with E-state index in [2.05, 4.69) is 15.8 Å². The summed E-state index contributed by atoms with van der Waals surface area (Å²) in [5, 5.41) is 7.04. The predicted octanol–water partition coefficient (Wildman–Crippen LogP) is 3.62. The van der Waals surface area contributed by atoms with Crippen molar-refractivity contribution in [2.75, 3.05) is 26.1 Å². The van der Waals surface area contributed by atoms with E-state index in [-0.39, 0.29) is 18.4 Å². The zero-order chi connectivity index (χ0) is 23.5. The number of hydrazone groups is 1. The van der Waals surface area contributed by atoms with Crippen LogP contribution < -0.4 is 20.2 Å². The Bertz CT molecular complexity index is 1100. The molecule has 2 N–H and O–H groups in total. The summed E-state index contributed by atoms with van der Waals surface area (Å²) in [5.74, 6) is 0.689. The molecule has 0 heterocycles. The lowest BCUT2D eigenvalue weighted by molar-refractivity contribution is -0.119. The fourth-order valence-corrected chi connectivity index (χ4v) is 2.84. The Balaban J connectivity index is 1.50. The van der Waals surface area contributed by atoms with Gasteiger partial charge in [-0.05, 0) is 54.1 Å². The largest absolute Gasteiger partial charge is 0.497 e. The van der Waals surface area contributed by atoms with Gasteiger partial charge in [-0.3, -0.25) is 4.79 Å². The molecule has 0 saturated carbocycles. The molecule has 0 fully saturated rings. The summed E-state index contributed by atoms with van der Waals surface area (Å²) < 4.78 is 15.7. The molecule has 0 spiro atoms. The number of methoxy groups -OCH3 is 2. The molecule has 0 bridgehead atoms. The fraction of sp³-hybridized carbons (Fsp3) is 0.160. The number of rotatable bonds is 10. The molecule has 8 nitrogen and oxygen atoms in total. The van der Waals surface area contributed by atoms with E-state index in [1.807, 2.05) is 48.5 Å². The first-order valence-corrected chi connectivity index (χ1v) is 10.2. The summed E-state index contributed by atoms with van der Waals surface area (Å²) >= 11 is 0. The molecule has 3 aromatic rings. The van der Waals surface area contributed by atoms with Crippen molar-refractivity contribution in [3.63, 3.8) is 0 Å².